The molecule has 0 saturated carbocycles. The Morgan fingerprint density at radius 2 is 2.00 bits per heavy atom. The monoisotopic (exact) mass is 338 g/mol. The first kappa shape index (κ1) is 15.6. The van der Waals surface area contributed by atoms with E-state index in [1.807, 2.05) is 16.8 Å². The summed E-state index contributed by atoms with van der Waals surface area (Å²) in [5, 5.41) is 16.9. The van der Waals surface area contributed by atoms with E-state index in [9.17, 15) is 9.90 Å². The summed E-state index contributed by atoms with van der Waals surface area (Å²) in [6.45, 7) is 1.86. The maximum absolute atomic E-state index is 12.4. The smallest absolute Gasteiger partial charge is 0.206 e. The number of nitrogens with two attached hydrogens (primary N) is 2. The van der Waals surface area contributed by atoms with Gasteiger partial charge < -0.3 is 16.6 Å². The average Bonchev–Trinajstić information content (AvgIpc) is 2.97. The molecule has 0 radical (unpaired) electrons. The molecule has 0 saturated heterocycles. The van der Waals surface area contributed by atoms with Crippen LogP contribution in [0.15, 0.2) is 34.3 Å². The second kappa shape index (κ2) is 5.83. The minimum absolute atomic E-state index is 0.00738. The summed E-state index contributed by atoms with van der Waals surface area (Å²) in [7, 11) is 0. The third kappa shape index (κ3) is 2.19. The lowest BCUT2D eigenvalue weighted by Gasteiger charge is -2.07. The van der Waals surface area contributed by atoms with Gasteiger partial charge in [-0.2, -0.15) is 0 Å². The number of H-pyrrole nitrogens is 1. The number of aromatic hydroxyl groups is 1. The molecule has 2 aromatic heterocycles. The quantitative estimate of drug-likeness (QED) is 0.388. The lowest BCUT2D eigenvalue weighted by Crippen LogP contribution is -2.12. The third-order valence-electron chi connectivity index (χ3n) is 4.37. The fraction of sp³-hybridized carbons (Fsp3) is 0.235. The molecule has 0 unspecified atom stereocenters. The average molecular weight is 338 g/mol. The number of aromatic amines is 1. The fourth-order valence-electron chi connectivity index (χ4n) is 3.37. The van der Waals surface area contributed by atoms with Crippen LogP contribution in [0.2, 0.25) is 0 Å². The number of nitrogens with zero attached hydrogens (tertiary/aromatic N) is 3. The molecular weight excluding hydrogens is 320 g/mol. The SMILES string of the molecule is NCCN=c1ccc2c3c1c(O)c1cncc(=O)c1c3[nH]n2CCN. The van der Waals surface area contributed by atoms with Gasteiger partial charge in [-0.3, -0.25) is 24.6 Å². The number of nitrogens with one attached hydrogen (secondary N) is 1. The molecular formula is C17H18N6O2. The second-order valence-electron chi connectivity index (χ2n) is 5.86. The van der Waals surface area contributed by atoms with Gasteiger partial charge in [-0.25, -0.2) is 0 Å². The first-order valence-corrected chi connectivity index (χ1v) is 8.05. The number of phenols is 1. The van der Waals surface area contributed by atoms with Crippen LogP contribution < -0.4 is 22.3 Å². The van der Waals surface area contributed by atoms with Crippen LogP contribution in [0, 0.1) is 0 Å². The van der Waals surface area contributed by atoms with Gasteiger partial charge in [-0.15, -0.1) is 0 Å². The number of fused-ring (bicyclic) bond motifs is 2. The van der Waals surface area contributed by atoms with Crippen LogP contribution in [0.3, 0.4) is 0 Å². The number of phenolic OH excluding ortho intramolecular Hbond substituents is 1. The number of hydrogen-bond acceptors (Lipinski definition) is 6. The number of hydrogen-bond donors (Lipinski definition) is 4. The van der Waals surface area contributed by atoms with E-state index in [-0.39, 0.29) is 11.2 Å². The van der Waals surface area contributed by atoms with Gasteiger partial charge in [0.2, 0.25) is 5.43 Å². The van der Waals surface area contributed by atoms with Crippen molar-refractivity contribution in [2.75, 3.05) is 19.6 Å². The van der Waals surface area contributed by atoms with Crippen LogP contribution >= 0.6 is 0 Å². The first-order chi connectivity index (χ1) is 12.2. The molecule has 0 aliphatic rings. The van der Waals surface area contributed by atoms with Crippen molar-refractivity contribution in [1.29, 1.82) is 0 Å². The largest absolute Gasteiger partial charge is 0.507 e. The molecule has 25 heavy (non-hydrogen) atoms. The zero-order valence-corrected chi connectivity index (χ0v) is 13.5. The molecule has 0 aliphatic carbocycles. The minimum Gasteiger partial charge on any atom is -0.507 e. The van der Waals surface area contributed by atoms with Crippen LogP contribution in [0.1, 0.15) is 0 Å². The van der Waals surface area contributed by atoms with Crippen LogP contribution in [-0.4, -0.2) is 39.5 Å². The van der Waals surface area contributed by atoms with E-state index < -0.39 is 0 Å². The normalized spacial score (nSPS) is 12.8. The van der Waals surface area contributed by atoms with Crippen molar-refractivity contribution in [3.8, 4) is 5.75 Å². The van der Waals surface area contributed by atoms with Gasteiger partial charge in [0.25, 0.3) is 0 Å². The maximum Gasteiger partial charge on any atom is 0.206 e. The Morgan fingerprint density at radius 1 is 1.16 bits per heavy atom. The van der Waals surface area contributed by atoms with Crippen LogP contribution in [0.5, 0.6) is 5.75 Å². The molecule has 6 N–H and O–H groups in total. The summed E-state index contributed by atoms with van der Waals surface area (Å²) < 4.78 is 1.88. The van der Waals surface area contributed by atoms with E-state index in [1.54, 1.807) is 0 Å². The summed E-state index contributed by atoms with van der Waals surface area (Å²) in [6, 6.07) is 3.75. The zero-order chi connectivity index (χ0) is 17.6. The zero-order valence-electron chi connectivity index (χ0n) is 13.5. The van der Waals surface area contributed by atoms with Gasteiger partial charge in [0.15, 0.2) is 0 Å². The van der Waals surface area contributed by atoms with E-state index in [4.69, 9.17) is 11.5 Å². The highest BCUT2D eigenvalue weighted by Crippen LogP contribution is 2.37. The van der Waals surface area contributed by atoms with Crippen LogP contribution in [-0.2, 0) is 6.54 Å². The second-order valence-corrected chi connectivity index (χ2v) is 5.86. The highest BCUT2D eigenvalue weighted by molar-refractivity contribution is 6.22. The molecule has 0 aliphatic heterocycles. The predicted octanol–water partition coefficient (Wildman–Crippen LogP) is -0.00750. The van der Waals surface area contributed by atoms with E-state index in [1.165, 1.54) is 12.4 Å². The number of benzene rings is 2. The molecule has 8 heteroatoms. The molecule has 0 amide bonds. The highest BCUT2D eigenvalue weighted by Gasteiger charge is 2.19. The molecule has 8 nitrogen and oxygen atoms in total. The Bertz CT molecular complexity index is 1210. The summed E-state index contributed by atoms with van der Waals surface area (Å²) >= 11 is 0. The van der Waals surface area contributed by atoms with Crippen molar-refractivity contribution in [2.24, 2.45) is 16.5 Å². The molecule has 4 aromatic rings. The van der Waals surface area contributed by atoms with E-state index in [0.717, 1.165) is 10.9 Å². The van der Waals surface area contributed by atoms with Gasteiger partial charge in [0.1, 0.15) is 5.75 Å². The lowest BCUT2D eigenvalue weighted by molar-refractivity contribution is 0.487. The minimum atomic E-state index is -0.248. The Morgan fingerprint density at radius 3 is 2.76 bits per heavy atom. The van der Waals surface area contributed by atoms with E-state index in [2.05, 4.69) is 15.1 Å². The molecule has 0 spiro atoms. The van der Waals surface area contributed by atoms with Gasteiger partial charge in [-0.05, 0) is 12.1 Å². The van der Waals surface area contributed by atoms with Crippen molar-refractivity contribution in [3.63, 3.8) is 0 Å². The number of pyridine rings is 1. The topological polar surface area (TPSA) is 135 Å². The van der Waals surface area contributed by atoms with Crippen molar-refractivity contribution in [1.82, 2.24) is 14.8 Å². The fourth-order valence-corrected chi connectivity index (χ4v) is 3.37. The molecule has 0 atom stereocenters. The summed E-state index contributed by atoms with van der Waals surface area (Å²) in [5.74, 6) is 0.00738. The summed E-state index contributed by atoms with van der Waals surface area (Å²) in [5.41, 5.74) is 12.5. The summed E-state index contributed by atoms with van der Waals surface area (Å²) in [4.78, 5) is 20.8. The van der Waals surface area contributed by atoms with Crippen LogP contribution in [0.4, 0.5) is 0 Å². The van der Waals surface area contributed by atoms with Gasteiger partial charge >= 0.3 is 0 Å². The molecule has 128 valence electrons. The van der Waals surface area contributed by atoms with Gasteiger partial charge in [-0.1, -0.05) is 0 Å². The van der Waals surface area contributed by atoms with Crippen molar-refractivity contribution in [2.45, 2.75) is 6.54 Å². The number of aromatic nitrogens is 3. The van der Waals surface area contributed by atoms with E-state index >= 15 is 0 Å². The number of rotatable bonds is 4. The predicted molar refractivity (Wildman–Crippen MR) is 96.8 cm³/mol. The molecule has 4 rings (SSSR count). The van der Waals surface area contributed by atoms with Crippen molar-refractivity contribution in [3.05, 3.63) is 40.1 Å². The summed E-state index contributed by atoms with van der Waals surface area (Å²) in [6.07, 6.45) is 2.74. The Hall–Kier alpha value is -2.97. The first-order valence-electron chi connectivity index (χ1n) is 8.05. The Kier molecular flexibility index (Phi) is 3.63. The molecule has 0 fully saturated rings. The standard InChI is InChI=1S/C17H18N6O2/c18-3-5-21-10-1-2-11-15-14(10)17(25)9-7-20-8-12(24)13(9)16(15)22-23(11)6-4-19/h1-2,7-8,22,25H,3-6,18-19H2. The molecule has 2 aromatic carbocycles. The van der Waals surface area contributed by atoms with Crippen LogP contribution in [0.25, 0.3) is 32.6 Å². The Labute approximate surface area is 141 Å². The third-order valence-corrected chi connectivity index (χ3v) is 4.37. The lowest BCUT2D eigenvalue weighted by atomic mass is 10.0. The molecule has 0 bridgehead atoms. The highest BCUT2D eigenvalue weighted by atomic mass is 16.3. The van der Waals surface area contributed by atoms with Gasteiger partial charge in [0.05, 0.1) is 46.4 Å². The Balaban J connectivity index is 2.31. The van der Waals surface area contributed by atoms with E-state index in [0.29, 0.717) is 53.2 Å². The van der Waals surface area contributed by atoms with Gasteiger partial charge in [0, 0.05) is 30.1 Å². The van der Waals surface area contributed by atoms with Crippen molar-refractivity contribution < 1.29 is 5.11 Å². The van der Waals surface area contributed by atoms with Crippen molar-refractivity contribution >= 4 is 32.6 Å². The maximum atomic E-state index is 12.4. The molecule has 2 heterocycles.